The molecule has 0 atom stereocenters. The topological polar surface area (TPSA) is 50.7 Å². The molecule has 0 spiro atoms. The van der Waals surface area contributed by atoms with E-state index in [1.54, 1.807) is 11.3 Å². The van der Waals surface area contributed by atoms with E-state index >= 15 is 0 Å². The Hall–Kier alpha value is -2.01. The summed E-state index contributed by atoms with van der Waals surface area (Å²) in [5.41, 5.74) is 3.13. The van der Waals surface area contributed by atoms with E-state index in [1.165, 1.54) is 0 Å². The van der Waals surface area contributed by atoms with Crippen LogP contribution < -0.4 is 5.32 Å². The molecule has 0 unspecified atom stereocenters. The maximum atomic E-state index is 4.50. The molecule has 0 fully saturated rings. The van der Waals surface area contributed by atoms with Crippen molar-refractivity contribution >= 4 is 27.4 Å². The molecule has 0 saturated carbocycles. The Labute approximate surface area is 115 Å². The molecule has 0 aliphatic rings. The maximum absolute atomic E-state index is 4.50. The van der Waals surface area contributed by atoms with Crippen LogP contribution >= 0.6 is 11.3 Å². The average molecular weight is 270 g/mol. The number of pyridine rings is 1. The number of benzene rings is 1. The molecular formula is C14H14N4S. The van der Waals surface area contributed by atoms with Crippen molar-refractivity contribution in [3.8, 4) is 10.6 Å². The van der Waals surface area contributed by atoms with Crippen LogP contribution in [0.3, 0.4) is 0 Å². The number of anilines is 1. The molecule has 5 heteroatoms. The van der Waals surface area contributed by atoms with Crippen molar-refractivity contribution in [2.45, 2.75) is 13.8 Å². The van der Waals surface area contributed by atoms with Gasteiger partial charge < -0.3 is 5.32 Å². The van der Waals surface area contributed by atoms with E-state index in [1.807, 2.05) is 32.0 Å². The quantitative estimate of drug-likeness (QED) is 0.791. The average Bonchev–Trinajstić information content (AvgIpc) is 2.87. The van der Waals surface area contributed by atoms with Crippen LogP contribution in [0.2, 0.25) is 0 Å². The molecule has 0 bridgehead atoms. The number of nitrogens with one attached hydrogen (secondary N) is 1. The summed E-state index contributed by atoms with van der Waals surface area (Å²) in [7, 11) is 0. The third kappa shape index (κ3) is 2.42. The Morgan fingerprint density at radius 2 is 2.05 bits per heavy atom. The molecule has 4 nitrogen and oxygen atoms in total. The summed E-state index contributed by atoms with van der Waals surface area (Å²) in [6, 6.07) is 10.3. The van der Waals surface area contributed by atoms with Gasteiger partial charge in [-0.05, 0) is 38.1 Å². The highest BCUT2D eigenvalue weighted by Gasteiger charge is 2.07. The molecule has 0 saturated heterocycles. The smallest absolute Gasteiger partial charge is 0.205 e. The Kier molecular flexibility index (Phi) is 3.13. The van der Waals surface area contributed by atoms with E-state index in [2.05, 4.69) is 32.6 Å². The monoisotopic (exact) mass is 270 g/mol. The van der Waals surface area contributed by atoms with Crippen molar-refractivity contribution in [2.75, 3.05) is 11.9 Å². The summed E-state index contributed by atoms with van der Waals surface area (Å²) in [6.07, 6.45) is 0. The predicted octanol–water partition coefficient (Wildman–Crippen LogP) is 3.49. The Balaban J connectivity index is 2.02. The van der Waals surface area contributed by atoms with Crippen LogP contribution in [-0.4, -0.2) is 21.7 Å². The van der Waals surface area contributed by atoms with Gasteiger partial charge in [-0.1, -0.05) is 17.4 Å². The van der Waals surface area contributed by atoms with Gasteiger partial charge in [-0.25, -0.2) is 0 Å². The zero-order chi connectivity index (χ0) is 13.2. The van der Waals surface area contributed by atoms with Crippen LogP contribution in [0.15, 0.2) is 30.3 Å². The van der Waals surface area contributed by atoms with Crippen LogP contribution in [0.1, 0.15) is 12.6 Å². The third-order valence-corrected chi connectivity index (χ3v) is 3.76. The summed E-state index contributed by atoms with van der Waals surface area (Å²) in [5.74, 6) is 0. The fourth-order valence-electron chi connectivity index (χ4n) is 1.92. The zero-order valence-corrected chi connectivity index (χ0v) is 11.7. The second-order valence-corrected chi connectivity index (χ2v) is 5.28. The number of fused-ring (bicyclic) bond motifs is 1. The standard InChI is InChI=1S/C14H14N4S/c1-3-15-14-18-17-13(19-14)11-6-7-12-10(8-11)5-4-9(2)16-12/h4-8H,3H2,1-2H3,(H,15,18). The van der Waals surface area contributed by atoms with Gasteiger partial charge >= 0.3 is 0 Å². The van der Waals surface area contributed by atoms with Crippen molar-refractivity contribution in [2.24, 2.45) is 0 Å². The van der Waals surface area contributed by atoms with E-state index in [0.717, 1.165) is 38.8 Å². The van der Waals surface area contributed by atoms with Gasteiger partial charge in [0.25, 0.3) is 0 Å². The number of hydrogen-bond acceptors (Lipinski definition) is 5. The molecular weight excluding hydrogens is 256 g/mol. The molecule has 1 aromatic carbocycles. The molecule has 0 aliphatic heterocycles. The van der Waals surface area contributed by atoms with Crippen molar-refractivity contribution in [3.63, 3.8) is 0 Å². The Bertz CT molecular complexity index is 720. The van der Waals surface area contributed by atoms with Crippen molar-refractivity contribution in [1.82, 2.24) is 15.2 Å². The van der Waals surface area contributed by atoms with Crippen LogP contribution in [-0.2, 0) is 0 Å². The number of aromatic nitrogens is 3. The third-order valence-electron chi connectivity index (χ3n) is 2.83. The van der Waals surface area contributed by atoms with E-state index in [9.17, 15) is 0 Å². The zero-order valence-electron chi connectivity index (χ0n) is 10.8. The second kappa shape index (κ2) is 4.93. The van der Waals surface area contributed by atoms with Crippen LogP contribution in [0, 0.1) is 6.92 Å². The molecule has 1 N–H and O–H groups in total. The molecule has 3 rings (SSSR count). The van der Waals surface area contributed by atoms with Crippen molar-refractivity contribution in [3.05, 3.63) is 36.0 Å². The van der Waals surface area contributed by atoms with E-state index in [-0.39, 0.29) is 0 Å². The largest absolute Gasteiger partial charge is 0.360 e. The van der Waals surface area contributed by atoms with Crippen molar-refractivity contribution < 1.29 is 0 Å². The molecule has 3 aromatic rings. The highest BCUT2D eigenvalue weighted by atomic mass is 32.1. The first-order chi connectivity index (χ1) is 9.26. The molecule has 0 radical (unpaired) electrons. The van der Waals surface area contributed by atoms with E-state index < -0.39 is 0 Å². The fraction of sp³-hybridized carbons (Fsp3) is 0.214. The molecule has 2 heterocycles. The fourth-order valence-corrected chi connectivity index (χ4v) is 2.73. The molecule has 19 heavy (non-hydrogen) atoms. The minimum absolute atomic E-state index is 0.857. The summed E-state index contributed by atoms with van der Waals surface area (Å²) in [5, 5.41) is 14.4. The summed E-state index contributed by atoms with van der Waals surface area (Å²) in [4.78, 5) is 4.50. The van der Waals surface area contributed by atoms with Gasteiger partial charge in [0.15, 0.2) is 0 Å². The number of nitrogens with zero attached hydrogens (tertiary/aromatic N) is 3. The van der Waals surface area contributed by atoms with Gasteiger partial charge in [-0.15, -0.1) is 10.2 Å². The normalized spacial score (nSPS) is 10.8. The number of rotatable bonds is 3. The van der Waals surface area contributed by atoms with Crippen LogP contribution in [0.5, 0.6) is 0 Å². The van der Waals surface area contributed by atoms with Crippen LogP contribution in [0.25, 0.3) is 21.5 Å². The van der Waals surface area contributed by atoms with Crippen molar-refractivity contribution in [1.29, 1.82) is 0 Å². The van der Waals surface area contributed by atoms with Gasteiger partial charge in [-0.3, -0.25) is 4.98 Å². The minimum atomic E-state index is 0.857. The first-order valence-electron chi connectivity index (χ1n) is 6.21. The summed E-state index contributed by atoms with van der Waals surface area (Å²) < 4.78 is 0. The molecule has 96 valence electrons. The maximum Gasteiger partial charge on any atom is 0.205 e. The lowest BCUT2D eigenvalue weighted by Crippen LogP contribution is -1.94. The number of hydrogen-bond donors (Lipinski definition) is 1. The Morgan fingerprint density at radius 3 is 2.89 bits per heavy atom. The van der Waals surface area contributed by atoms with Crippen LogP contribution in [0.4, 0.5) is 5.13 Å². The molecule has 2 aromatic heterocycles. The number of aryl methyl sites for hydroxylation is 1. The van der Waals surface area contributed by atoms with Gasteiger partial charge in [0, 0.05) is 23.2 Å². The van der Waals surface area contributed by atoms with Gasteiger partial charge in [0.2, 0.25) is 5.13 Å². The lowest BCUT2D eigenvalue weighted by molar-refractivity contribution is 1.07. The minimum Gasteiger partial charge on any atom is -0.360 e. The highest BCUT2D eigenvalue weighted by molar-refractivity contribution is 7.18. The predicted molar refractivity (Wildman–Crippen MR) is 79.5 cm³/mol. The first kappa shape index (κ1) is 12.0. The van der Waals surface area contributed by atoms with Gasteiger partial charge in [0.1, 0.15) is 5.01 Å². The van der Waals surface area contributed by atoms with E-state index in [0.29, 0.717) is 0 Å². The summed E-state index contributed by atoms with van der Waals surface area (Å²) >= 11 is 1.57. The molecule has 0 amide bonds. The Morgan fingerprint density at radius 1 is 1.16 bits per heavy atom. The lowest BCUT2D eigenvalue weighted by Gasteiger charge is -2.01. The molecule has 0 aliphatic carbocycles. The SMILES string of the molecule is CCNc1nnc(-c2ccc3nc(C)ccc3c2)s1. The van der Waals surface area contributed by atoms with Gasteiger partial charge in [-0.2, -0.15) is 0 Å². The second-order valence-electron chi connectivity index (χ2n) is 4.30. The van der Waals surface area contributed by atoms with E-state index in [4.69, 9.17) is 0 Å². The van der Waals surface area contributed by atoms with Gasteiger partial charge in [0.05, 0.1) is 5.52 Å². The highest BCUT2D eigenvalue weighted by Crippen LogP contribution is 2.28. The summed E-state index contributed by atoms with van der Waals surface area (Å²) in [6.45, 7) is 4.90. The first-order valence-corrected chi connectivity index (χ1v) is 7.03. The lowest BCUT2D eigenvalue weighted by atomic mass is 10.1.